The Labute approximate surface area is 178 Å². The molecule has 0 aromatic heterocycles. The van der Waals surface area contributed by atoms with Crippen molar-refractivity contribution in [3.8, 4) is 11.5 Å². The molecule has 0 aliphatic carbocycles. The highest BCUT2D eigenvalue weighted by Gasteiger charge is 2.27. The van der Waals surface area contributed by atoms with E-state index in [1.54, 1.807) is 48.5 Å². The van der Waals surface area contributed by atoms with Gasteiger partial charge in [0, 0.05) is 11.1 Å². The number of esters is 1. The molecule has 0 atom stereocenters. The Balaban J connectivity index is 1.36. The molecule has 3 aromatic carbocycles. The van der Waals surface area contributed by atoms with Gasteiger partial charge in [0.1, 0.15) is 18.1 Å². The molecular weight excluding hydrogens is 404 g/mol. The molecule has 0 bridgehead atoms. The molecule has 1 aliphatic rings. The highest BCUT2D eigenvalue weighted by atomic mass is 35.5. The summed E-state index contributed by atoms with van der Waals surface area (Å²) in [6, 6.07) is 21.3. The van der Waals surface area contributed by atoms with Gasteiger partial charge in [-0.2, -0.15) is 0 Å². The van der Waals surface area contributed by atoms with Gasteiger partial charge in [-0.15, -0.1) is 0 Å². The molecule has 30 heavy (non-hydrogen) atoms. The minimum absolute atomic E-state index is 0.184. The van der Waals surface area contributed by atoms with Gasteiger partial charge in [0.15, 0.2) is 12.4 Å². The van der Waals surface area contributed by atoms with Crippen molar-refractivity contribution in [1.29, 1.82) is 0 Å². The van der Waals surface area contributed by atoms with Gasteiger partial charge in [-0.1, -0.05) is 54.1 Å². The second kappa shape index (κ2) is 8.84. The number of fused-ring (bicyclic) bond motifs is 1. The highest BCUT2D eigenvalue weighted by Crippen LogP contribution is 2.35. The average molecular weight is 421 g/mol. The lowest BCUT2D eigenvalue weighted by Crippen LogP contribution is -2.14. The normalized spacial score (nSPS) is 13.6. The first kappa shape index (κ1) is 19.7. The van der Waals surface area contributed by atoms with Gasteiger partial charge in [0.25, 0.3) is 0 Å². The molecular formula is C24H17ClO5. The number of allylic oxidation sites excluding steroid dienone is 1. The number of carbonyl (C=O) groups is 2. The van der Waals surface area contributed by atoms with Crippen LogP contribution in [0.5, 0.6) is 11.5 Å². The number of Topliss-reactive ketones (excluding diaryl/α,β-unsaturated/α-hetero) is 1. The number of ether oxygens (including phenoxy) is 3. The summed E-state index contributed by atoms with van der Waals surface area (Å²) in [7, 11) is 0. The molecule has 5 nitrogen and oxygen atoms in total. The van der Waals surface area contributed by atoms with E-state index < -0.39 is 5.97 Å². The maximum absolute atomic E-state index is 12.5. The molecule has 0 amide bonds. The predicted molar refractivity (Wildman–Crippen MR) is 113 cm³/mol. The molecule has 6 heteroatoms. The first-order chi connectivity index (χ1) is 14.6. The number of carbonyl (C=O) groups excluding carboxylic acids is 2. The van der Waals surface area contributed by atoms with Crippen molar-refractivity contribution < 1.29 is 23.8 Å². The van der Waals surface area contributed by atoms with Crippen LogP contribution in [0.2, 0.25) is 5.02 Å². The standard InChI is InChI=1S/C24H17ClO5/c25-18-8-6-16(7-9-18)12-22-24(27)20-11-10-19(13-21(20)30-22)28-15-23(26)29-14-17-4-2-1-3-5-17/h1-13H,14-15H2/b22-12-. The zero-order valence-electron chi connectivity index (χ0n) is 15.8. The van der Waals surface area contributed by atoms with Crippen LogP contribution >= 0.6 is 11.6 Å². The molecule has 0 saturated heterocycles. The number of rotatable bonds is 6. The molecule has 0 spiro atoms. The molecule has 4 rings (SSSR count). The van der Waals surface area contributed by atoms with Crippen LogP contribution in [0.1, 0.15) is 21.5 Å². The van der Waals surface area contributed by atoms with E-state index in [0.29, 0.717) is 22.1 Å². The van der Waals surface area contributed by atoms with E-state index >= 15 is 0 Å². The second-order valence-corrected chi connectivity index (χ2v) is 7.02. The second-order valence-electron chi connectivity index (χ2n) is 6.58. The summed E-state index contributed by atoms with van der Waals surface area (Å²) in [4.78, 5) is 24.4. The van der Waals surface area contributed by atoms with E-state index in [1.807, 2.05) is 30.3 Å². The van der Waals surface area contributed by atoms with Crippen LogP contribution in [0.4, 0.5) is 0 Å². The summed E-state index contributed by atoms with van der Waals surface area (Å²) in [5, 5.41) is 0.614. The van der Waals surface area contributed by atoms with Crippen molar-refractivity contribution in [3.63, 3.8) is 0 Å². The molecule has 3 aromatic rings. The van der Waals surface area contributed by atoms with Gasteiger partial charge in [-0.05, 0) is 41.5 Å². The summed E-state index contributed by atoms with van der Waals surface area (Å²) in [6.45, 7) is -0.0588. The summed E-state index contributed by atoms with van der Waals surface area (Å²) in [6.07, 6.45) is 1.65. The molecule has 0 fully saturated rings. The van der Waals surface area contributed by atoms with Crippen molar-refractivity contribution in [2.75, 3.05) is 6.61 Å². The third-order valence-electron chi connectivity index (χ3n) is 4.41. The van der Waals surface area contributed by atoms with Gasteiger partial charge in [-0.3, -0.25) is 4.79 Å². The van der Waals surface area contributed by atoms with Crippen LogP contribution in [0.15, 0.2) is 78.6 Å². The number of halogens is 1. The smallest absolute Gasteiger partial charge is 0.344 e. The molecule has 0 saturated carbocycles. The molecule has 0 radical (unpaired) electrons. The van der Waals surface area contributed by atoms with E-state index in [2.05, 4.69) is 0 Å². The van der Waals surface area contributed by atoms with Crippen LogP contribution in [-0.4, -0.2) is 18.4 Å². The van der Waals surface area contributed by atoms with Gasteiger partial charge in [0.05, 0.1) is 5.56 Å². The quantitative estimate of drug-likeness (QED) is 0.411. The zero-order valence-corrected chi connectivity index (χ0v) is 16.6. The highest BCUT2D eigenvalue weighted by molar-refractivity contribution is 6.30. The minimum Gasteiger partial charge on any atom is -0.482 e. The SMILES string of the molecule is O=C(COc1ccc2c(c1)O/C(=C\c1ccc(Cl)cc1)C2=O)OCc1ccccc1. The molecule has 0 unspecified atom stereocenters. The number of hydrogen-bond acceptors (Lipinski definition) is 5. The van der Waals surface area contributed by atoms with Crippen LogP contribution in [-0.2, 0) is 16.1 Å². The monoisotopic (exact) mass is 420 g/mol. The van der Waals surface area contributed by atoms with E-state index in [-0.39, 0.29) is 24.8 Å². The fraction of sp³-hybridized carbons (Fsp3) is 0.0833. The number of hydrogen-bond donors (Lipinski definition) is 0. The lowest BCUT2D eigenvalue weighted by atomic mass is 10.1. The van der Waals surface area contributed by atoms with E-state index in [4.69, 9.17) is 25.8 Å². The molecule has 0 N–H and O–H groups in total. The Bertz CT molecular complexity index is 1100. The summed E-state index contributed by atoms with van der Waals surface area (Å²) in [5.74, 6) is 0.307. The van der Waals surface area contributed by atoms with Crippen molar-refractivity contribution >= 4 is 29.4 Å². The van der Waals surface area contributed by atoms with Gasteiger partial charge < -0.3 is 14.2 Å². The summed E-state index contributed by atoms with van der Waals surface area (Å²) >= 11 is 5.88. The van der Waals surface area contributed by atoms with Crippen molar-refractivity contribution in [3.05, 3.63) is 100 Å². The Morgan fingerprint density at radius 1 is 1.00 bits per heavy atom. The van der Waals surface area contributed by atoms with E-state index in [1.165, 1.54) is 0 Å². The van der Waals surface area contributed by atoms with Crippen molar-refractivity contribution in [1.82, 2.24) is 0 Å². The van der Waals surface area contributed by atoms with Crippen LogP contribution in [0.25, 0.3) is 6.08 Å². The topological polar surface area (TPSA) is 61.8 Å². The minimum atomic E-state index is -0.486. The lowest BCUT2D eigenvalue weighted by Gasteiger charge is -2.08. The van der Waals surface area contributed by atoms with Crippen LogP contribution in [0.3, 0.4) is 0 Å². The molecule has 150 valence electrons. The van der Waals surface area contributed by atoms with Crippen molar-refractivity contribution in [2.45, 2.75) is 6.61 Å². The Morgan fingerprint density at radius 3 is 2.53 bits per heavy atom. The third kappa shape index (κ3) is 4.70. The number of ketones is 1. The lowest BCUT2D eigenvalue weighted by molar-refractivity contribution is -0.147. The fourth-order valence-electron chi connectivity index (χ4n) is 2.89. The largest absolute Gasteiger partial charge is 0.482 e. The first-order valence-electron chi connectivity index (χ1n) is 9.25. The Kier molecular flexibility index (Phi) is 5.82. The zero-order chi connectivity index (χ0) is 20.9. The van der Waals surface area contributed by atoms with Crippen LogP contribution < -0.4 is 9.47 Å². The van der Waals surface area contributed by atoms with Gasteiger partial charge in [0.2, 0.25) is 5.78 Å². The molecule has 1 aliphatic heterocycles. The predicted octanol–water partition coefficient (Wildman–Crippen LogP) is 5.08. The third-order valence-corrected chi connectivity index (χ3v) is 4.66. The molecule has 1 heterocycles. The van der Waals surface area contributed by atoms with Crippen LogP contribution in [0, 0.1) is 0 Å². The average Bonchev–Trinajstić information content (AvgIpc) is 3.07. The van der Waals surface area contributed by atoms with E-state index in [9.17, 15) is 9.59 Å². The Morgan fingerprint density at radius 2 is 1.77 bits per heavy atom. The maximum Gasteiger partial charge on any atom is 0.344 e. The van der Waals surface area contributed by atoms with Crippen molar-refractivity contribution in [2.24, 2.45) is 0 Å². The van der Waals surface area contributed by atoms with Gasteiger partial charge >= 0.3 is 5.97 Å². The first-order valence-corrected chi connectivity index (χ1v) is 9.62. The number of benzene rings is 3. The van der Waals surface area contributed by atoms with Gasteiger partial charge in [-0.25, -0.2) is 4.79 Å². The fourth-order valence-corrected chi connectivity index (χ4v) is 3.02. The maximum atomic E-state index is 12.5. The van der Waals surface area contributed by atoms with E-state index in [0.717, 1.165) is 11.1 Å². The summed E-state index contributed by atoms with van der Waals surface area (Å²) in [5.41, 5.74) is 2.14. The Hall–Kier alpha value is -3.57. The summed E-state index contributed by atoms with van der Waals surface area (Å²) < 4.78 is 16.4.